The van der Waals surface area contributed by atoms with Crippen LogP contribution in [0, 0.1) is 17.1 Å². The summed E-state index contributed by atoms with van der Waals surface area (Å²) in [7, 11) is 0. The molecule has 0 aliphatic carbocycles. The lowest BCUT2D eigenvalue weighted by atomic mass is 10.2. The summed E-state index contributed by atoms with van der Waals surface area (Å²) in [4.78, 5) is 25.2. The number of nitrogens with zero attached hydrogens (tertiary/aromatic N) is 2. The molecule has 0 bridgehead atoms. The summed E-state index contributed by atoms with van der Waals surface area (Å²) >= 11 is 5.61. The number of ether oxygens (including phenoxy) is 1. The van der Waals surface area contributed by atoms with Gasteiger partial charge in [-0.05, 0) is 30.3 Å². The SMILES string of the molecule is N#CCN(C(=O)COC(=O)c1ccc(Cl)cc1F)c1ccccc1. The number of benzene rings is 2. The third kappa shape index (κ3) is 4.31. The largest absolute Gasteiger partial charge is 0.452 e. The standard InChI is InChI=1S/C17H12ClFN2O3/c18-12-6-7-14(15(19)10-12)17(23)24-11-16(22)21(9-8-20)13-4-2-1-3-5-13/h1-7,10H,9,11H2. The first-order chi connectivity index (χ1) is 11.5. The second-order valence-electron chi connectivity index (χ2n) is 4.67. The van der Waals surface area contributed by atoms with E-state index in [0.29, 0.717) is 5.69 Å². The van der Waals surface area contributed by atoms with Crippen molar-refractivity contribution in [2.24, 2.45) is 0 Å². The Labute approximate surface area is 142 Å². The summed E-state index contributed by atoms with van der Waals surface area (Å²) in [6.45, 7) is -0.812. The minimum Gasteiger partial charge on any atom is -0.452 e. The van der Waals surface area contributed by atoms with Gasteiger partial charge in [-0.15, -0.1) is 0 Å². The zero-order valence-corrected chi connectivity index (χ0v) is 13.2. The fourth-order valence-corrected chi connectivity index (χ4v) is 2.10. The predicted molar refractivity (Wildman–Crippen MR) is 86.1 cm³/mol. The molecule has 2 aromatic rings. The Hall–Kier alpha value is -2.91. The van der Waals surface area contributed by atoms with Gasteiger partial charge in [-0.25, -0.2) is 9.18 Å². The van der Waals surface area contributed by atoms with Crippen LogP contribution in [0.25, 0.3) is 0 Å². The molecule has 0 radical (unpaired) electrons. The van der Waals surface area contributed by atoms with E-state index in [4.69, 9.17) is 21.6 Å². The summed E-state index contributed by atoms with van der Waals surface area (Å²) in [5.74, 6) is -2.41. The van der Waals surface area contributed by atoms with Gasteiger partial charge in [0.05, 0.1) is 11.6 Å². The molecule has 5 nitrogen and oxygen atoms in total. The highest BCUT2D eigenvalue weighted by molar-refractivity contribution is 6.30. The van der Waals surface area contributed by atoms with E-state index in [2.05, 4.69) is 0 Å². The number of hydrogen-bond acceptors (Lipinski definition) is 4. The maximum Gasteiger partial charge on any atom is 0.341 e. The van der Waals surface area contributed by atoms with Gasteiger partial charge in [0.2, 0.25) is 0 Å². The van der Waals surface area contributed by atoms with E-state index < -0.39 is 24.3 Å². The van der Waals surface area contributed by atoms with Gasteiger partial charge < -0.3 is 4.74 Å². The number of esters is 1. The van der Waals surface area contributed by atoms with E-state index >= 15 is 0 Å². The Morgan fingerprint density at radius 3 is 2.54 bits per heavy atom. The smallest absolute Gasteiger partial charge is 0.341 e. The van der Waals surface area contributed by atoms with Crippen LogP contribution in [0.3, 0.4) is 0 Å². The Kier molecular flexibility index (Phi) is 5.88. The van der Waals surface area contributed by atoms with Crippen LogP contribution in [0.5, 0.6) is 0 Å². The average molecular weight is 347 g/mol. The molecule has 1 amide bonds. The Morgan fingerprint density at radius 1 is 1.21 bits per heavy atom. The number of carbonyl (C=O) groups excluding carboxylic acids is 2. The van der Waals surface area contributed by atoms with Crippen LogP contribution < -0.4 is 4.90 Å². The second kappa shape index (κ2) is 8.09. The highest BCUT2D eigenvalue weighted by atomic mass is 35.5. The zero-order chi connectivity index (χ0) is 17.5. The summed E-state index contributed by atoms with van der Waals surface area (Å²) in [6, 6.07) is 13.9. The highest BCUT2D eigenvalue weighted by Crippen LogP contribution is 2.16. The molecule has 24 heavy (non-hydrogen) atoms. The van der Waals surface area contributed by atoms with Gasteiger partial charge in [0.25, 0.3) is 5.91 Å². The topological polar surface area (TPSA) is 70.4 Å². The number of anilines is 1. The molecule has 0 N–H and O–H groups in total. The number of para-hydroxylation sites is 1. The van der Waals surface area contributed by atoms with E-state index in [-0.39, 0.29) is 17.1 Å². The molecule has 0 aliphatic heterocycles. The molecule has 2 aromatic carbocycles. The van der Waals surface area contributed by atoms with E-state index in [1.54, 1.807) is 30.3 Å². The maximum absolute atomic E-state index is 13.6. The molecule has 0 unspecified atom stereocenters. The van der Waals surface area contributed by atoms with Crippen molar-refractivity contribution in [3.8, 4) is 6.07 Å². The van der Waals surface area contributed by atoms with Crippen molar-refractivity contribution < 1.29 is 18.7 Å². The molecule has 2 rings (SSSR count). The van der Waals surface area contributed by atoms with Crippen LogP contribution in [0.15, 0.2) is 48.5 Å². The van der Waals surface area contributed by atoms with E-state index in [0.717, 1.165) is 6.07 Å². The molecule has 0 saturated heterocycles. The molecule has 0 atom stereocenters. The van der Waals surface area contributed by atoms with Crippen LogP contribution in [0.2, 0.25) is 5.02 Å². The molecular weight excluding hydrogens is 335 g/mol. The van der Waals surface area contributed by atoms with Gasteiger partial charge in [0.15, 0.2) is 6.61 Å². The number of halogens is 2. The van der Waals surface area contributed by atoms with Crippen LogP contribution >= 0.6 is 11.6 Å². The van der Waals surface area contributed by atoms with Crippen molar-refractivity contribution in [2.45, 2.75) is 0 Å². The summed E-state index contributed by atoms with van der Waals surface area (Å²) in [5, 5.41) is 8.99. The fraction of sp³-hybridized carbons (Fsp3) is 0.118. The normalized spacial score (nSPS) is 9.88. The maximum atomic E-state index is 13.6. The van der Waals surface area contributed by atoms with E-state index in [1.807, 2.05) is 6.07 Å². The molecule has 0 fully saturated rings. The molecule has 0 spiro atoms. The van der Waals surface area contributed by atoms with Crippen molar-refractivity contribution in [2.75, 3.05) is 18.1 Å². The Bertz CT molecular complexity index is 790. The van der Waals surface area contributed by atoms with Crippen LogP contribution in [0.4, 0.5) is 10.1 Å². The number of rotatable bonds is 5. The van der Waals surface area contributed by atoms with Gasteiger partial charge in [0.1, 0.15) is 12.4 Å². The van der Waals surface area contributed by atoms with Gasteiger partial charge in [-0.3, -0.25) is 9.69 Å². The van der Waals surface area contributed by atoms with Gasteiger partial charge in [0, 0.05) is 10.7 Å². The second-order valence-corrected chi connectivity index (χ2v) is 5.11. The van der Waals surface area contributed by atoms with Crippen molar-refractivity contribution in [3.05, 3.63) is 64.9 Å². The van der Waals surface area contributed by atoms with Crippen LogP contribution in [-0.4, -0.2) is 25.0 Å². The van der Waals surface area contributed by atoms with Crippen molar-refractivity contribution in [3.63, 3.8) is 0 Å². The predicted octanol–water partition coefficient (Wildman–Crippen LogP) is 3.19. The first-order valence-corrected chi connectivity index (χ1v) is 7.25. The molecule has 0 aliphatic rings. The first-order valence-electron chi connectivity index (χ1n) is 6.87. The number of hydrogen-bond donors (Lipinski definition) is 0. The monoisotopic (exact) mass is 346 g/mol. The zero-order valence-electron chi connectivity index (χ0n) is 12.4. The number of amides is 1. The lowest BCUT2D eigenvalue weighted by Gasteiger charge is -2.19. The quantitative estimate of drug-likeness (QED) is 0.615. The molecular formula is C17H12ClFN2O3. The van der Waals surface area contributed by atoms with Gasteiger partial charge in [-0.2, -0.15) is 5.26 Å². The van der Waals surface area contributed by atoms with E-state index in [1.165, 1.54) is 17.0 Å². The molecule has 122 valence electrons. The fourth-order valence-electron chi connectivity index (χ4n) is 1.94. The average Bonchev–Trinajstić information content (AvgIpc) is 2.58. The number of carbonyl (C=O) groups is 2. The lowest BCUT2D eigenvalue weighted by Crippen LogP contribution is -2.35. The van der Waals surface area contributed by atoms with Crippen molar-refractivity contribution in [1.82, 2.24) is 0 Å². The summed E-state index contributed by atoms with van der Waals surface area (Å²) in [5.41, 5.74) is 0.177. The molecule has 0 aromatic heterocycles. The van der Waals surface area contributed by atoms with Gasteiger partial charge in [-0.1, -0.05) is 29.8 Å². The molecule has 0 saturated carbocycles. The molecule has 7 heteroatoms. The Balaban J connectivity index is 2.05. The molecule has 0 heterocycles. The lowest BCUT2D eigenvalue weighted by molar-refractivity contribution is -0.121. The van der Waals surface area contributed by atoms with Gasteiger partial charge >= 0.3 is 5.97 Å². The highest BCUT2D eigenvalue weighted by Gasteiger charge is 2.19. The van der Waals surface area contributed by atoms with E-state index in [9.17, 15) is 14.0 Å². The van der Waals surface area contributed by atoms with Crippen molar-refractivity contribution >= 4 is 29.2 Å². The van der Waals surface area contributed by atoms with Crippen molar-refractivity contribution in [1.29, 1.82) is 5.26 Å². The minimum atomic E-state index is -0.984. The third-order valence-corrected chi connectivity index (χ3v) is 3.31. The third-order valence-electron chi connectivity index (χ3n) is 3.08. The van der Waals surface area contributed by atoms with Crippen LogP contribution in [-0.2, 0) is 9.53 Å². The summed E-state index contributed by atoms with van der Waals surface area (Å²) in [6.07, 6.45) is 0. The summed E-state index contributed by atoms with van der Waals surface area (Å²) < 4.78 is 18.5. The van der Waals surface area contributed by atoms with Crippen LogP contribution in [0.1, 0.15) is 10.4 Å². The Morgan fingerprint density at radius 2 is 1.92 bits per heavy atom. The number of nitriles is 1. The minimum absolute atomic E-state index is 0.143. The first kappa shape index (κ1) is 17.4.